The van der Waals surface area contributed by atoms with Gasteiger partial charge in [-0.15, -0.1) is 12.3 Å². The number of carboxylic acids is 1. The maximum absolute atomic E-state index is 12.7. The Hall–Kier alpha value is -5.87. The summed E-state index contributed by atoms with van der Waals surface area (Å²) in [6, 6.07) is 8.91. The van der Waals surface area contributed by atoms with Crippen molar-refractivity contribution in [2.75, 3.05) is 101 Å². The molecule has 3 aromatic rings. The normalized spacial score (nSPS) is 15.2. The zero-order valence-corrected chi connectivity index (χ0v) is 39.1. The summed E-state index contributed by atoms with van der Waals surface area (Å²) in [6.07, 6.45) is 9.66. The number of rotatable bonds is 28. The van der Waals surface area contributed by atoms with Gasteiger partial charge in [-0.1, -0.05) is 32.9 Å². The van der Waals surface area contributed by atoms with E-state index < -0.39 is 11.4 Å². The summed E-state index contributed by atoms with van der Waals surface area (Å²) in [5.74, 6) is 1.84. The molecule has 16 nitrogen and oxygen atoms in total. The van der Waals surface area contributed by atoms with Crippen LogP contribution >= 0.6 is 0 Å². The van der Waals surface area contributed by atoms with Gasteiger partial charge in [-0.3, -0.25) is 4.79 Å². The number of aliphatic imine (C=N–C) groups is 1. The molecule has 66 heavy (non-hydrogen) atoms. The third-order valence-corrected chi connectivity index (χ3v) is 10.8. The number of nitrogens with two attached hydrogens (primary N) is 1. The summed E-state index contributed by atoms with van der Waals surface area (Å²) >= 11 is 0. The summed E-state index contributed by atoms with van der Waals surface area (Å²) in [6.45, 7) is 14.6. The molecule has 0 radical (unpaired) electrons. The number of hydrogen-bond acceptors (Lipinski definition) is 14. The number of methoxy groups -OCH3 is 3. The Kier molecular flexibility index (Phi) is 19.9. The number of ether oxygens (including phenoxy) is 10. The van der Waals surface area contributed by atoms with Gasteiger partial charge in [0, 0.05) is 36.7 Å². The number of benzene rings is 2. The molecule has 0 spiro atoms. The zero-order valence-electron chi connectivity index (χ0n) is 39.1. The average Bonchev–Trinajstić information content (AvgIpc) is 3.28. The Balaban J connectivity index is 0.904. The molecule has 0 fully saturated rings. The number of carboxylic acid groups (broad SMARTS) is 1. The molecular formula is C50H65N3O13. The second-order valence-corrected chi connectivity index (χ2v) is 16.4. The highest BCUT2D eigenvalue weighted by Crippen LogP contribution is 2.46. The van der Waals surface area contributed by atoms with Gasteiger partial charge in [-0.25, -0.2) is 9.79 Å². The van der Waals surface area contributed by atoms with Crippen LogP contribution in [-0.2, 0) is 36.5 Å². The van der Waals surface area contributed by atoms with Gasteiger partial charge in [0.25, 0.3) is 0 Å². The van der Waals surface area contributed by atoms with Crippen molar-refractivity contribution in [1.82, 2.24) is 4.57 Å². The van der Waals surface area contributed by atoms with E-state index in [1.165, 1.54) is 12.3 Å². The number of allylic oxidation sites excluding steroid dienone is 2. The summed E-state index contributed by atoms with van der Waals surface area (Å²) < 4.78 is 59.2. The summed E-state index contributed by atoms with van der Waals surface area (Å²) in [5.41, 5.74) is 13.5. The van der Waals surface area contributed by atoms with Crippen LogP contribution in [0.5, 0.6) is 28.7 Å². The van der Waals surface area contributed by atoms with E-state index in [1.807, 2.05) is 41.0 Å². The Morgan fingerprint density at radius 2 is 1.38 bits per heavy atom. The monoisotopic (exact) mass is 915 g/mol. The average molecular weight is 916 g/mol. The maximum Gasteiger partial charge on any atom is 0.341 e. The van der Waals surface area contributed by atoms with E-state index in [2.05, 4.69) is 38.1 Å². The van der Waals surface area contributed by atoms with Crippen molar-refractivity contribution in [3.8, 4) is 40.0 Å². The maximum atomic E-state index is 12.7. The van der Waals surface area contributed by atoms with Crippen molar-refractivity contribution >= 4 is 11.8 Å². The van der Waals surface area contributed by atoms with E-state index in [1.54, 1.807) is 27.4 Å². The van der Waals surface area contributed by atoms with Crippen LogP contribution in [0.3, 0.4) is 0 Å². The van der Waals surface area contributed by atoms with E-state index in [4.69, 9.17) is 53.1 Å². The third-order valence-electron chi connectivity index (χ3n) is 10.8. The minimum absolute atomic E-state index is 0.0865. The van der Waals surface area contributed by atoms with Gasteiger partial charge in [0.2, 0.25) is 5.75 Å². The molecule has 2 aliphatic heterocycles. The van der Waals surface area contributed by atoms with Crippen LogP contribution in [0, 0.1) is 5.41 Å². The van der Waals surface area contributed by atoms with Gasteiger partial charge in [-0.05, 0) is 65.3 Å². The van der Waals surface area contributed by atoms with E-state index >= 15 is 0 Å². The Morgan fingerprint density at radius 3 is 1.91 bits per heavy atom. The van der Waals surface area contributed by atoms with Gasteiger partial charge < -0.3 is 62.8 Å². The quantitative estimate of drug-likeness (QED) is 0.0441. The molecule has 0 aliphatic carbocycles. The summed E-state index contributed by atoms with van der Waals surface area (Å²) in [5, 5.41) is 9.61. The lowest BCUT2D eigenvalue weighted by Gasteiger charge is -2.39. The van der Waals surface area contributed by atoms with E-state index in [0.717, 1.165) is 28.0 Å². The lowest BCUT2D eigenvalue weighted by molar-refractivity contribution is -0.0142. The largest absolute Gasteiger partial charge is 0.493 e. The first kappa shape index (κ1) is 51.1. The topological polar surface area (TPSA) is 190 Å². The second kappa shape index (κ2) is 25.7. The molecule has 3 N–H and O–H groups in total. The van der Waals surface area contributed by atoms with Gasteiger partial charge in [0.1, 0.15) is 24.6 Å². The van der Waals surface area contributed by atoms with Crippen LogP contribution in [0.25, 0.3) is 11.3 Å². The van der Waals surface area contributed by atoms with E-state index in [-0.39, 0.29) is 23.6 Å². The molecule has 358 valence electrons. The van der Waals surface area contributed by atoms with Crippen molar-refractivity contribution in [2.45, 2.75) is 52.5 Å². The lowest BCUT2D eigenvalue weighted by atomic mass is 9.78. The molecule has 16 heteroatoms. The molecule has 0 saturated carbocycles. The SMILES string of the molecule is C=CCC1=C=CC/C=C(/Cc2cc(OC)c(OCCOCCOCCOCCOCCOCCOc3cc4c(cc3OC)-c3cc(=O)c(C(=O)O)cn3[C@H](C(C)(C)C)C4)c(OC)c2)C(N)=N1. The number of amidine groups is 1. The summed E-state index contributed by atoms with van der Waals surface area (Å²) in [7, 11) is 4.73. The van der Waals surface area contributed by atoms with Gasteiger partial charge >= 0.3 is 5.97 Å². The highest BCUT2D eigenvalue weighted by Gasteiger charge is 2.34. The molecule has 1 aromatic heterocycles. The van der Waals surface area contributed by atoms with Gasteiger partial charge in [0.15, 0.2) is 28.4 Å². The lowest BCUT2D eigenvalue weighted by Crippen LogP contribution is -2.32. The van der Waals surface area contributed by atoms with Gasteiger partial charge in [0.05, 0.1) is 98.8 Å². The number of nitrogens with zero attached hydrogens (tertiary/aromatic N) is 2. The molecule has 0 saturated heterocycles. The van der Waals surface area contributed by atoms with Crippen molar-refractivity contribution in [3.05, 3.63) is 105 Å². The molecule has 2 aromatic carbocycles. The van der Waals surface area contributed by atoms with Crippen molar-refractivity contribution < 1.29 is 57.3 Å². The fraction of sp³-hybridized carbons (Fsp3) is 0.480. The molecular weight excluding hydrogens is 851 g/mol. The first-order chi connectivity index (χ1) is 31.9. The molecule has 1 atom stereocenters. The van der Waals surface area contributed by atoms with Crippen LogP contribution < -0.4 is 34.8 Å². The van der Waals surface area contributed by atoms with Crippen LogP contribution in [0.2, 0.25) is 0 Å². The molecule has 5 rings (SSSR count). The minimum Gasteiger partial charge on any atom is -0.493 e. The predicted octanol–water partition coefficient (Wildman–Crippen LogP) is 6.77. The molecule has 0 unspecified atom stereocenters. The van der Waals surface area contributed by atoms with Crippen LogP contribution in [0.4, 0.5) is 0 Å². The fourth-order valence-electron chi connectivity index (χ4n) is 7.43. The number of carbonyl (C=O) groups is 1. The number of pyridine rings is 1. The minimum atomic E-state index is -1.24. The highest BCUT2D eigenvalue weighted by atomic mass is 16.6. The number of aromatic carboxylic acids is 1. The number of fused-ring (bicyclic) bond motifs is 3. The van der Waals surface area contributed by atoms with Crippen molar-refractivity contribution in [2.24, 2.45) is 16.1 Å². The van der Waals surface area contributed by atoms with Crippen molar-refractivity contribution in [3.63, 3.8) is 0 Å². The Morgan fingerprint density at radius 1 is 0.818 bits per heavy atom. The molecule has 0 bridgehead atoms. The third kappa shape index (κ3) is 14.6. The standard InChI is InChI=1S/C50H65N3O13/c1-8-11-37-13-10-9-12-35(48(51)52-37)26-34-27-44(58-6)47(45(28-34)59-7)66-25-23-64-21-19-62-17-15-60-14-16-61-18-20-63-22-24-65-43-29-36-30-46(50(2,3)4)53-33-39(49(55)56)41(54)32-40(53)38(36)31-42(43)57-5/h8,10,12,27-29,31-33,46H,1,9,11,14-26,30H2,2-7H3,(H2,51,52)(H,55,56)/b35-12-/t13?,46-/m0/s1. The second-order valence-electron chi connectivity index (χ2n) is 16.4. The smallest absolute Gasteiger partial charge is 0.341 e. The highest BCUT2D eigenvalue weighted by molar-refractivity contribution is 5.98. The predicted molar refractivity (Wildman–Crippen MR) is 251 cm³/mol. The Labute approximate surface area is 387 Å². The number of aromatic nitrogens is 1. The molecule has 3 heterocycles. The molecule has 0 amide bonds. The fourth-order valence-corrected chi connectivity index (χ4v) is 7.43. The Bertz CT molecular complexity index is 2280. The first-order valence-electron chi connectivity index (χ1n) is 22.1. The zero-order chi connectivity index (χ0) is 47.5. The molecule has 2 aliphatic rings. The van der Waals surface area contributed by atoms with Crippen molar-refractivity contribution in [1.29, 1.82) is 0 Å². The summed E-state index contributed by atoms with van der Waals surface area (Å²) in [4.78, 5) is 29.0. The van der Waals surface area contributed by atoms with Gasteiger partial charge in [-0.2, -0.15) is 0 Å². The number of hydrogen-bond donors (Lipinski definition) is 2. The van der Waals surface area contributed by atoms with Crippen LogP contribution in [-0.4, -0.2) is 122 Å². The first-order valence-corrected chi connectivity index (χ1v) is 22.1. The van der Waals surface area contributed by atoms with Crippen LogP contribution in [0.15, 0.2) is 88.1 Å². The van der Waals surface area contributed by atoms with Crippen LogP contribution in [0.1, 0.15) is 61.1 Å². The van der Waals surface area contributed by atoms with E-state index in [0.29, 0.717) is 139 Å². The van der Waals surface area contributed by atoms with E-state index in [9.17, 15) is 14.7 Å².